The molecule has 1 saturated heterocycles. The lowest BCUT2D eigenvalue weighted by atomic mass is 9.88. The number of hydrogen-bond acceptors (Lipinski definition) is 3. The molecule has 3 unspecified atom stereocenters. The average Bonchev–Trinajstić information content (AvgIpc) is 2.46. The third kappa shape index (κ3) is 2.49. The minimum Gasteiger partial charge on any atom is -0.508 e. The highest BCUT2D eigenvalue weighted by atomic mass is 16.5. The lowest BCUT2D eigenvalue weighted by molar-refractivity contribution is -0.101. The molecular formula is C16H23NO2. The summed E-state index contributed by atoms with van der Waals surface area (Å²) in [4.78, 5) is 2.53. The molecule has 1 N–H and O–H groups in total. The summed E-state index contributed by atoms with van der Waals surface area (Å²) < 4.78 is 5.92. The third-order valence-corrected chi connectivity index (χ3v) is 4.66. The van der Waals surface area contributed by atoms with Crippen LogP contribution in [0.15, 0.2) is 24.3 Å². The Morgan fingerprint density at radius 1 is 1.26 bits per heavy atom. The van der Waals surface area contributed by atoms with Gasteiger partial charge in [0.25, 0.3) is 0 Å². The number of fused-ring (bicyclic) bond motifs is 1. The fourth-order valence-corrected chi connectivity index (χ4v) is 3.63. The number of para-hydroxylation sites is 1. The van der Waals surface area contributed by atoms with Crippen molar-refractivity contribution in [2.75, 3.05) is 13.2 Å². The smallest absolute Gasteiger partial charge is 0.120 e. The van der Waals surface area contributed by atoms with Crippen LogP contribution in [0.4, 0.5) is 0 Å². The first-order chi connectivity index (χ1) is 9.27. The number of ether oxygens (including phenoxy) is 1. The number of benzene rings is 1. The summed E-state index contributed by atoms with van der Waals surface area (Å²) >= 11 is 0. The molecule has 0 aromatic heterocycles. The fourth-order valence-electron chi connectivity index (χ4n) is 3.63. The highest BCUT2D eigenvalue weighted by molar-refractivity contribution is 5.34. The average molecular weight is 261 g/mol. The summed E-state index contributed by atoms with van der Waals surface area (Å²) in [5.74, 6) is 0.411. The zero-order chi connectivity index (χ0) is 13.2. The number of morpholine rings is 1. The molecule has 19 heavy (non-hydrogen) atoms. The van der Waals surface area contributed by atoms with Crippen LogP contribution in [0, 0.1) is 0 Å². The van der Waals surface area contributed by atoms with Gasteiger partial charge in [0.15, 0.2) is 0 Å². The molecule has 1 saturated carbocycles. The Morgan fingerprint density at radius 2 is 2.05 bits per heavy atom. The van der Waals surface area contributed by atoms with Crippen molar-refractivity contribution in [2.24, 2.45) is 0 Å². The quantitative estimate of drug-likeness (QED) is 0.888. The number of aromatic hydroxyl groups is 1. The largest absolute Gasteiger partial charge is 0.508 e. The van der Waals surface area contributed by atoms with Crippen molar-refractivity contribution in [1.29, 1.82) is 0 Å². The van der Waals surface area contributed by atoms with Crippen LogP contribution in [0.25, 0.3) is 0 Å². The summed E-state index contributed by atoms with van der Waals surface area (Å²) in [6, 6.07) is 8.49. The molecule has 0 amide bonds. The summed E-state index contributed by atoms with van der Waals surface area (Å²) in [6.45, 7) is 3.99. The van der Waals surface area contributed by atoms with E-state index in [4.69, 9.17) is 4.74 Å². The maximum absolute atomic E-state index is 10.0. The first-order valence-corrected chi connectivity index (χ1v) is 7.42. The van der Waals surface area contributed by atoms with Crippen LogP contribution in [0.5, 0.6) is 5.75 Å². The molecule has 104 valence electrons. The first-order valence-electron chi connectivity index (χ1n) is 7.42. The second-order valence-corrected chi connectivity index (χ2v) is 5.73. The van der Waals surface area contributed by atoms with E-state index in [-0.39, 0.29) is 6.04 Å². The predicted octanol–water partition coefficient (Wildman–Crippen LogP) is 3.10. The van der Waals surface area contributed by atoms with Gasteiger partial charge in [-0.25, -0.2) is 0 Å². The normalized spacial score (nSPS) is 29.7. The zero-order valence-electron chi connectivity index (χ0n) is 11.6. The van der Waals surface area contributed by atoms with E-state index in [2.05, 4.69) is 11.8 Å². The van der Waals surface area contributed by atoms with E-state index in [9.17, 15) is 5.11 Å². The zero-order valence-corrected chi connectivity index (χ0v) is 11.6. The van der Waals surface area contributed by atoms with Crippen LogP contribution < -0.4 is 0 Å². The molecule has 0 radical (unpaired) electrons. The van der Waals surface area contributed by atoms with Gasteiger partial charge in [0.2, 0.25) is 0 Å². The van der Waals surface area contributed by atoms with Gasteiger partial charge in [-0.2, -0.15) is 0 Å². The van der Waals surface area contributed by atoms with E-state index in [0.29, 0.717) is 17.9 Å². The second kappa shape index (κ2) is 5.51. The minimum absolute atomic E-state index is 0.260. The Balaban J connectivity index is 1.82. The Morgan fingerprint density at radius 3 is 2.89 bits per heavy atom. The first kappa shape index (κ1) is 12.9. The van der Waals surface area contributed by atoms with Gasteiger partial charge in [0.1, 0.15) is 5.75 Å². The van der Waals surface area contributed by atoms with Crippen molar-refractivity contribution >= 4 is 0 Å². The van der Waals surface area contributed by atoms with E-state index in [1.54, 1.807) is 6.07 Å². The predicted molar refractivity (Wildman–Crippen MR) is 75.2 cm³/mol. The summed E-state index contributed by atoms with van der Waals surface area (Å²) in [5, 5.41) is 10.0. The van der Waals surface area contributed by atoms with E-state index in [1.807, 2.05) is 18.2 Å². The van der Waals surface area contributed by atoms with Gasteiger partial charge in [-0.3, -0.25) is 4.90 Å². The van der Waals surface area contributed by atoms with Crippen molar-refractivity contribution in [3.05, 3.63) is 29.8 Å². The van der Waals surface area contributed by atoms with E-state index in [0.717, 1.165) is 18.7 Å². The fraction of sp³-hybridized carbons (Fsp3) is 0.625. The monoisotopic (exact) mass is 261 g/mol. The molecule has 3 atom stereocenters. The Bertz CT molecular complexity index is 433. The van der Waals surface area contributed by atoms with Gasteiger partial charge in [0, 0.05) is 24.2 Å². The number of hydrogen-bond donors (Lipinski definition) is 1. The number of rotatable bonds is 2. The molecule has 2 fully saturated rings. The van der Waals surface area contributed by atoms with Crippen LogP contribution in [0.3, 0.4) is 0 Å². The molecule has 1 aliphatic heterocycles. The number of phenolic OH excluding ortho intramolecular Hbond substituents is 1. The van der Waals surface area contributed by atoms with Gasteiger partial charge < -0.3 is 9.84 Å². The Labute approximate surface area is 115 Å². The van der Waals surface area contributed by atoms with Gasteiger partial charge in [-0.05, 0) is 25.8 Å². The molecule has 1 aromatic carbocycles. The molecule has 2 aliphatic rings. The van der Waals surface area contributed by atoms with Gasteiger partial charge >= 0.3 is 0 Å². The molecule has 1 aromatic rings. The topological polar surface area (TPSA) is 32.7 Å². The maximum Gasteiger partial charge on any atom is 0.120 e. The highest BCUT2D eigenvalue weighted by Gasteiger charge is 2.37. The number of nitrogens with zero attached hydrogens (tertiary/aromatic N) is 1. The van der Waals surface area contributed by atoms with Gasteiger partial charge in [-0.15, -0.1) is 0 Å². The van der Waals surface area contributed by atoms with Crippen LogP contribution in [0.1, 0.15) is 44.2 Å². The number of phenols is 1. The molecule has 1 heterocycles. The maximum atomic E-state index is 10.0. The van der Waals surface area contributed by atoms with Crippen molar-refractivity contribution in [1.82, 2.24) is 4.90 Å². The second-order valence-electron chi connectivity index (χ2n) is 5.73. The van der Waals surface area contributed by atoms with Crippen molar-refractivity contribution in [2.45, 2.75) is 50.8 Å². The van der Waals surface area contributed by atoms with E-state index < -0.39 is 0 Å². The van der Waals surface area contributed by atoms with Crippen molar-refractivity contribution < 1.29 is 9.84 Å². The van der Waals surface area contributed by atoms with Crippen LogP contribution >= 0.6 is 0 Å². The lowest BCUT2D eigenvalue weighted by Crippen LogP contribution is -2.53. The lowest BCUT2D eigenvalue weighted by Gasteiger charge is -2.46. The summed E-state index contributed by atoms with van der Waals surface area (Å²) in [6.07, 6.45) is 5.40. The molecule has 0 spiro atoms. The standard InChI is InChI=1S/C16H23NO2/c1-12(13-6-2-4-8-15(13)18)17-10-11-19-16-9-5-3-7-14(16)17/h2,4,6,8,12,14,16,18H,3,5,7,9-11H2,1H3. The van der Waals surface area contributed by atoms with Crippen molar-refractivity contribution in [3.63, 3.8) is 0 Å². The molecule has 1 aliphatic carbocycles. The SMILES string of the molecule is CC(c1ccccc1O)N1CCOC2CCCCC21. The van der Waals surface area contributed by atoms with Crippen LogP contribution in [-0.4, -0.2) is 35.3 Å². The molecule has 3 rings (SSSR count). The van der Waals surface area contributed by atoms with Gasteiger partial charge in [0.05, 0.1) is 12.7 Å². The molecule has 3 heteroatoms. The van der Waals surface area contributed by atoms with Crippen LogP contribution in [-0.2, 0) is 4.74 Å². The minimum atomic E-state index is 0.260. The molecular weight excluding hydrogens is 238 g/mol. The highest BCUT2D eigenvalue weighted by Crippen LogP contribution is 2.36. The Hall–Kier alpha value is -1.06. The third-order valence-electron chi connectivity index (χ3n) is 4.66. The molecule has 0 bridgehead atoms. The van der Waals surface area contributed by atoms with Crippen LogP contribution in [0.2, 0.25) is 0 Å². The van der Waals surface area contributed by atoms with Gasteiger partial charge in [-0.1, -0.05) is 31.0 Å². The summed E-state index contributed by atoms with van der Waals surface area (Å²) in [7, 11) is 0. The summed E-state index contributed by atoms with van der Waals surface area (Å²) in [5.41, 5.74) is 1.04. The Kier molecular flexibility index (Phi) is 3.76. The van der Waals surface area contributed by atoms with Crippen molar-refractivity contribution in [3.8, 4) is 5.75 Å². The van der Waals surface area contributed by atoms with E-state index >= 15 is 0 Å². The molecule has 3 nitrogen and oxygen atoms in total. The van der Waals surface area contributed by atoms with E-state index in [1.165, 1.54) is 25.7 Å².